The molecule has 0 radical (unpaired) electrons. The van der Waals surface area contributed by atoms with Crippen LogP contribution in [0, 0.1) is 11.7 Å². The Morgan fingerprint density at radius 2 is 2.30 bits per heavy atom. The molecular formula is C17H21FN4O. The zero-order chi connectivity index (χ0) is 16.4. The number of rotatable bonds is 4. The van der Waals surface area contributed by atoms with E-state index in [1.807, 2.05) is 10.9 Å². The number of urea groups is 1. The van der Waals surface area contributed by atoms with Crippen molar-refractivity contribution in [2.75, 3.05) is 5.32 Å². The number of aryl methyl sites for hydroxylation is 1. The molecule has 0 bridgehead atoms. The average Bonchev–Trinajstić information content (AvgIpc) is 3.05. The van der Waals surface area contributed by atoms with Gasteiger partial charge in [0.15, 0.2) is 0 Å². The zero-order valence-electron chi connectivity index (χ0n) is 13.3. The molecule has 1 aliphatic rings. The van der Waals surface area contributed by atoms with E-state index in [2.05, 4.69) is 29.6 Å². The molecule has 1 aromatic carbocycles. The highest BCUT2D eigenvalue weighted by molar-refractivity contribution is 5.89. The summed E-state index contributed by atoms with van der Waals surface area (Å²) >= 11 is 0. The molecule has 2 aromatic rings. The van der Waals surface area contributed by atoms with Crippen LogP contribution in [0.2, 0.25) is 0 Å². The van der Waals surface area contributed by atoms with Crippen molar-refractivity contribution in [3.05, 3.63) is 47.5 Å². The topological polar surface area (TPSA) is 59.0 Å². The molecule has 1 unspecified atom stereocenters. The third-order valence-electron chi connectivity index (χ3n) is 3.93. The van der Waals surface area contributed by atoms with Gasteiger partial charge in [0.25, 0.3) is 0 Å². The molecule has 122 valence electrons. The minimum Gasteiger partial charge on any atom is -0.331 e. The van der Waals surface area contributed by atoms with Gasteiger partial charge in [0.1, 0.15) is 5.82 Å². The molecule has 2 amide bonds. The second-order valence-corrected chi connectivity index (χ2v) is 6.38. The van der Waals surface area contributed by atoms with Crippen molar-refractivity contribution in [2.45, 2.75) is 39.3 Å². The number of hydrogen-bond acceptors (Lipinski definition) is 2. The summed E-state index contributed by atoms with van der Waals surface area (Å²) in [6.07, 6.45) is 5.03. The molecule has 1 atom stereocenters. The molecule has 0 spiro atoms. The maximum absolute atomic E-state index is 13.2. The summed E-state index contributed by atoms with van der Waals surface area (Å²) in [7, 11) is 0. The van der Waals surface area contributed by atoms with Crippen molar-refractivity contribution in [3.63, 3.8) is 0 Å². The molecule has 0 saturated carbocycles. The van der Waals surface area contributed by atoms with Gasteiger partial charge in [-0.3, -0.25) is 4.68 Å². The number of hydrogen-bond donors (Lipinski definition) is 2. The van der Waals surface area contributed by atoms with Gasteiger partial charge in [-0.2, -0.15) is 5.10 Å². The van der Waals surface area contributed by atoms with Crippen molar-refractivity contribution >= 4 is 11.7 Å². The molecule has 0 fully saturated rings. The van der Waals surface area contributed by atoms with E-state index in [1.165, 1.54) is 6.07 Å². The summed E-state index contributed by atoms with van der Waals surface area (Å²) in [5, 5.41) is 9.96. The molecule has 23 heavy (non-hydrogen) atoms. The Balaban J connectivity index is 1.59. The Bertz CT molecular complexity index is 710. The predicted octanol–water partition coefficient (Wildman–Crippen LogP) is 3.49. The van der Waals surface area contributed by atoms with E-state index in [-0.39, 0.29) is 17.9 Å². The highest BCUT2D eigenvalue weighted by atomic mass is 19.1. The van der Waals surface area contributed by atoms with Gasteiger partial charge in [0.05, 0.1) is 17.9 Å². The largest absolute Gasteiger partial charge is 0.331 e. The smallest absolute Gasteiger partial charge is 0.319 e. The number of nitrogens with zero attached hydrogens (tertiary/aromatic N) is 2. The minimum absolute atomic E-state index is 0.0729. The molecule has 1 heterocycles. The standard InChI is InChI=1S/C17H21FN4O/c1-11(2)9-22-10-14(8-19-22)20-17(23)21-16-6-3-12-7-13(18)4-5-15(12)16/h4-5,7-8,10-11,16H,3,6,9H2,1-2H3,(H2,20,21,23). The Labute approximate surface area is 134 Å². The molecular weight excluding hydrogens is 295 g/mol. The van der Waals surface area contributed by atoms with Crippen LogP contribution in [0.3, 0.4) is 0 Å². The van der Waals surface area contributed by atoms with Crippen molar-refractivity contribution in [3.8, 4) is 0 Å². The van der Waals surface area contributed by atoms with Gasteiger partial charge < -0.3 is 10.6 Å². The van der Waals surface area contributed by atoms with Crippen LogP contribution >= 0.6 is 0 Å². The Morgan fingerprint density at radius 1 is 1.48 bits per heavy atom. The van der Waals surface area contributed by atoms with Crippen LogP contribution in [-0.4, -0.2) is 15.8 Å². The first-order valence-corrected chi connectivity index (χ1v) is 7.89. The fourth-order valence-electron chi connectivity index (χ4n) is 2.96. The van der Waals surface area contributed by atoms with Crippen molar-refractivity contribution in [2.24, 2.45) is 5.92 Å². The lowest BCUT2D eigenvalue weighted by Crippen LogP contribution is -2.31. The van der Waals surface area contributed by atoms with Gasteiger partial charge in [-0.15, -0.1) is 0 Å². The number of benzene rings is 1. The van der Waals surface area contributed by atoms with Crippen LogP contribution in [0.4, 0.5) is 14.9 Å². The van der Waals surface area contributed by atoms with Gasteiger partial charge in [0.2, 0.25) is 0 Å². The molecule has 1 aromatic heterocycles. The summed E-state index contributed by atoms with van der Waals surface area (Å²) < 4.78 is 15.0. The molecule has 5 nitrogen and oxygen atoms in total. The molecule has 0 saturated heterocycles. The molecule has 2 N–H and O–H groups in total. The highest BCUT2D eigenvalue weighted by Crippen LogP contribution is 2.31. The predicted molar refractivity (Wildman–Crippen MR) is 86.7 cm³/mol. The lowest BCUT2D eigenvalue weighted by Gasteiger charge is -2.14. The Morgan fingerprint density at radius 3 is 3.09 bits per heavy atom. The number of carbonyl (C=O) groups is 1. The SMILES string of the molecule is CC(C)Cn1cc(NC(=O)NC2CCc3cc(F)ccc32)cn1. The number of halogens is 1. The number of carbonyl (C=O) groups excluding carboxylic acids is 1. The number of anilines is 1. The third kappa shape index (κ3) is 3.70. The number of aromatic nitrogens is 2. The van der Waals surface area contributed by atoms with E-state index in [0.717, 1.165) is 30.5 Å². The Hall–Kier alpha value is -2.37. The molecule has 3 rings (SSSR count). The lowest BCUT2D eigenvalue weighted by atomic mass is 10.1. The van der Waals surface area contributed by atoms with Gasteiger partial charge in [-0.1, -0.05) is 19.9 Å². The number of fused-ring (bicyclic) bond motifs is 1. The van der Waals surface area contributed by atoms with Crippen LogP contribution < -0.4 is 10.6 Å². The van der Waals surface area contributed by atoms with Gasteiger partial charge in [0, 0.05) is 12.7 Å². The summed E-state index contributed by atoms with van der Waals surface area (Å²) in [5.41, 5.74) is 2.64. The van der Waals surface area contributed by atoms with Gasteiger partial charge in [-0.25, -0.2) is 9.18 Å². The summed E-state index contributed by atoms with van der Waals surface area (Å²) in [5.74, 6) is 0.262. The normalized spacial score (nSPS) is 16.4. The van der Waals surface area contributed by atoms with Crippen molar-refractivity contribution in [1.82, 2.24) is 15.1 Å². The van der Waals surface area contributed by atoms with E-state index in [0.29, 0.717) is 11.6 Å². The van der Waals surface area contributed by atoms with Crippen LogP contribution in [0.1, 0.15) is 37.4 Å². The van der Waals surface area contributed by atoms with E-state index in [4.69, 9.17) is 0 Å². The van der Waals surface area contributed by atoms with Crippen LogP contribution in [0.15, 0.2) is 30.6 Å². The number of amides is 2. The second kappa shape index (κ2) is 6.40. The quantitative estimate of drug-likeness (QED) is 0.907. The fourth-order valence-corrected chi connectivity index (χ4v) is 2.96. The first-order valence-electron chi connectivity index (χ1n) is 7.89. The van der Waals surface area contributed by atoms with E-state index in [1.54, 1.807) is 18.3 Å². The lowest BCUT2D eigenvalue weighted by molar-refractivity contribution is 0.248. The van der Waals surface area contributed by atoms with Gasteiger partial charge >= 0.3 is 6.03 Å². The first-order chi connectivity index (χ1) is 11.0. The van der Waals surface area contributed by atoms with Crippen LogP contribution in [0.5, 0.6) is 0 Å². The zero-order valence-corrected chi connectivity index (χ0v) is 13.3. The van der Waals surface area contributed by atoms with E-state index < -0.39 is 0 Å². The Kier molecular flexibility index (Phi) is 4.32. The monoisotopic (exact) mass is 316 g/mol. The maximum atomic E-state index is 13.2. The van der Waals surface area contributed by atoms with E-state index >= 15 is 0 Å². The number of nitrogens with one attached hydrogen (secondary N) is 2. The second-order valence-electron chi connectivity index (χ2n) is 6.38. The van der Waals surface area contributed by atoms with Crippen molar-refractivity contribution in [1.29, 1.82) is 0 Å². The average molecular weight is 316 g/mol. The first kappa shape index (κ1) is 15.5. The summed E-state index contributed by atoms with van der Waals surface area (Å²) in [6.45, 7) is 5.04. The molecule has 0 aliphatic heterocycles. The molecule has 6 heteroatoms. The summed E-state index contributed by atoms with van der Waals surface area (Å²) in [4.78, 5) is 12.1. The third-order valence-corrected chi connectivity index (χ3v) is 3.93. The van der Waals surface area contributed by atoms with Crippen LogP contribution in [0.25, 0.3) is 0 Å². The molecule has 1 aliphatic carbocycles. The fraction of sp³-hybridized carbons (Fsp3) is 0.412. The van der Waals surface area contributed by atoms with E-state index in [9.17, 15) is 9.18 Å². The van der Waals surface area contributed by atoms with Gasteiger partial charge in [-0.05, 0) is 42.0 Å². The van der Waals surface area contributed by atoms with Crippen molar-refractivity contribution < 1.29 is 9.18 Å². The van der Waals surface area contributed by atoms with Crippen LogP contribution in [-0.2, 0) is 13.0 Å². The minimum atomic E-state index is -0.267. The summed E-state index contributed by atoms with van der Waals surface area (Å²) in [6, 6.07) is 4.40. The highest BCUT2D eigenvalue weighted by Gasteiger charge is 2.24. The maximum Gasteiger partial charge on any atom is 0.319 e.